The van der Waals surface area contributed by atoms with E-state index in [1.54, 1.807) is 0 Å². The van der Waals surface area contributed by atoms with Crippen molar-refractivity contribution in [1.29, 1.82) is 0 Å². The largest absolute Gasteiger partial charge is 0.481 e. The second-order valence-electron chi connectivity index (χ2n) is 14.3. The van der Waals surface area contributed by atoms with E-state index in [2.05, 4.69) is 41.5 Å². The Morgan fingerprint density at radius 1 is 0.683 bits per heavy atom. The molecule has 0 aromatic heterocycles. The minimum Gasteiger partial charge on any atom is -0.481 e. The number of ether oxygens (including phenoxy) is 1. The normalized spacial score (nSPS) is 19.7. The first kappa shape index (κ1) is 37.4. The van der Waals surface area contributed by atoms with Crippen LogP contribution in [0.1, 0.15) is 164 Å². The van der Waals surface area contributed by atoms with Gasteiger partial charge in [-0.1, -0.05) is 119 Å². The van der Waals surface area contributed by atoms with Gasteiger partial charge in [0, 0.05) is 0 Å². The van der Waals surface area contributed by atoms with E-state index in [-0.39, 0.29) is 18.8 Å². The van der Waals surface area contributed by atoms with Crippen molar-refractivity contribution >= 4 is 17.9 Å². The van der Waals surface area contributed by atoms with Crippen molar-refractivity contribution < 1.29 is 29.3 Å². The highest BCUT2D eigenvalue weighted by Gasteiger charge is 2.62. The number of carbonyl (C=O) groups is 3. The van der Waals surface area contributed by atoms with Crippen LogP contribution in [0.4, 0.5) is 0 Å². The van der Waals surface area contributed by atoms with E-state index in [1.807, 2.05) is 0 Å². The Balaban J connectivity index is 3.19. The van der Waals surface area contributed by atoms with Crippen molar-refractivity contribution in [3.63, 3.8) is 0 Å². The quantitative estimate of drug-likeness (QED) is 0.0921. The Labute approximate surface area is 251 Å². The zero-order valence-corrected chi connectivity index (χ0v) is 27.5. The van der Waals surface area contributed by atoms with Crippen molar-refractivity contribution in [2.75, 3.05) is 6.61 Å². The third kappa shape index (κ3) is 12.7. The number of unbranched alkanes of at least 4 members (excludes halogenated alkanes) is 8. The Bertz CT molecular complexity index is 726. The summed E-state index contributed by atoms with van der Waals surface area (Å²) in [5.41, 5.74) is -2.39. The summed E-state index contributed by atoms with van der Waals surface area (Å²) in [6.07, 6.45) is 15.7. The van der Waals surface area contributed by atoms with E-state index in [0.29, 0.717) is 50.0 Å². The zero-order chi connectivity index (χ0) is 30.9. The molecule has 1 rings (SSSR count). The third-order valence-electron chi connectivity index (χ3n) is 9.60. The molecule has 1 saturated carbocycles. The molecule has 6 nitrogen and oxygen atoms in total. The highest BCUT2D eigenvalue weighted by Crippen LogP contribution is 2.57. The summed E-state index contributed by atoms with van der Waals surface area (Å²) in [5, 5.41) is 20.5. The van der Waals surface area contributed by atoms with Crippen LogP contribution in [0.15, 0.2) is 0 Å². The molecule has 0 radical (unpaired) electrons. The van der Waals surface area contributed by atoms with Crippen LogP contribution in [0.25, 0.3) is 0 Å². The van der Waals surface area contributed by atoms with E-state index in [1.165, 1.54) is 25.7 Å². The second kappa shape index (κ2) is 19.6. The average molecular weight is 581 g/mol. The van der Waals surface area contributed by atoms with Crippen molar-refractivity contribution in [3.8, 4) is 0 Å². The fourth-order valence-electron chi connectivity index (χ4n) is 6.80. The van der Waals surface area contributed by atoms with Gasteiger partial charge >= 0.3 is 17.9 Å². The van der Waals surface area contributed by atoms with Crippen molar-refractivity contribution in [2.45, 2.75) is 164 Å². The molecule has 0 atom stereocenters. The molecule has 240 valence electrons. The Morgan fingerprint density at radius 3 is 1.49 bits per heavy atom. The number of hydrogen-bond acceptors (Lipinski definition) is 4. The van der Waals surface area contributed by atoms with Gasteiger partial charge in [-0.05, 0) is 62.7 Å². The number of carboxylic acids is 2. The van der Waals surface area contributed by atoms with Crippen LogP contribution in [-0.4, -0.2) is 34.7 Å². The van der Waals surface area contributed by atoms with E-state index in [9.17, 15) is 24.6 Å². The molecule has 0 amide bonds. The summed E-state index contributed by atoms with van der Waals surface area (Å²) in [6, 6.07) is 0. The molecule has 0 unspecified atom stereocenters. The summed E-state index contributed by atoms with van der Waals surface area (Å²) in [7, 11) is 0. The van der Waals surface area contributed by atoms with Crippen LogP contribution < -0.4 is 0 Å². The molecule has 1 aliphatic carbocycles. The molecule has 0 saturated heterocycles. The van der Waals surface area contributed by atoms with Gasteiger partial charge in [0.25, 0.3) is 0 Å². The molecule has 0 bridgehead atoms. The number of carbonyl (C=O) groups excluding carboxylic acids is 1. The van der Waals surface area contributed by atoms with Crippen LogP contribution in [-0.2, 0) is 19.1 Å². The van der Waals surface area contributed by atoms with Gasteiger partial charge < -0.3 is 14.9 Å². The number of hydrogen-bond donors (Lipinski definition) is 2. The first-order valence-corrected chi connectivity index (χ1v) is 17.0. The predicted molar refractivity (Wildman–Crippen MR) is 167 cm³/mol. The molecule has 41 heavy (non-hydrogen) atoms. The third-order valence-corrected chi connectivity index (χ3v) is 9.60. The maximum absolute atomic E-state index is 14.2. The molecule has 0 aromatic carbocycles. The molecule has 0 aromatic rings. The molecular weight excluding hydrogens is 516 g/mol. The summed E-state index contributed by atoms with van der Waals surface area (Å²) in [5.74, 6) is -0.927. The summed E-state index contributed by atoms with van der Waals surface area (Å²) in [4.78, 5) is 39.1. The lowest BCUT2D eigenvalue weighted by Crippen LogP contribution is -2.55. The van der Waals surface area contributed by atoms with Gasteiger partial charge in [0.15, 0.2) is 0 Å². The second-order valence-corrected chi connectivity index (χ2v) is 14.3. The Morgan fingerprint density at radius 2 is 1.10 bits per heavy atom. The van der Waals surface area contributed by atoms with E-state index in [0.717, 1.165) is 57.8 Å². The maximum atomic E-state index is 14.2. The predicted octanol–water partition coefficient (Wildman–Crippen LogP) is 9.68. The number of rotatable bonds is 23. The molecule has 0 heterocycles. The summed E-state index contributed by atoms with van der Waals surface area (Å²) < 4.78 is 5.95. The fraction of sp³-hybridized carbons (Fsp3) is 0.914. The van der Waals surface area contributed by atoms with E-state index >= 15 is 0 Å². The minimum atomic E-state index is -1.27. The smallest absolute Gasteiger partial charge is 0.313 e. The number of esters is 1. The van der Waals surface area contributed by atoms with Crippen LogP contribution >= 0.6 is 0 Å². The minimum absolute atomic E-state index is 0.224. The van der Waals surface area contributed by atoms with Gasteiger partial charge in [-0.15, -0.1) is 0 Å². The lowest BCUT2D eigenvalue weighted by atomic mass is 9.52. The van der Waals surface area contributed by atoms with Crippen LogP contribution in [0.3, 0.4) is 0 Å². The monoisotopic (exact) mass is 580 g/mol. The zero-order valence-electron chi connectivity index (χ0n) is 27.5. The van der Waals surface area contributed by atoms with Gasteiger partial charge in [0.2, 0.25) is 0 Å². The van der Waals surface area contributed by atoms with E-state index in [4.69, 9.17) is 4.74 Å². The molecular formula is C35H64O6. The van der Waals surface area contributed by atoms with Crippen molar-refractivity contribution in [3.05, 3.63) is 0 Å². The van der Waals surface area contributed by atoms with Gasteiger partial charge in [0.05, 0.1) is 23.4 Å². The van der Waals surface area contributed by atoms with Crippen molar-refractivity contribution in [2.24, 2.45) is 34.5 Å². The fourth-order valence-corrected chi connectivity index (χ4v) is 6.80. The van der Waals surface area contributed by atoms with Gasteiger partial charge in [-0.2, -0.15) is 0 Å². The first-order chi connectivity index (χ1) is 19.4. The summed E-state index contributed by atoms with van der Waals surface area (Å²) >= 11 is 0. The first-order valence-electron chi connectivity index (χ1n) is 17.0. The van der Waals surface area contributed by atoms with Crippen molar-refractivity contribution in [1.82, 2.24) is 0 Å². The Kier molecular flexibility index (Phi) is 17.9. The topological polar surface area (TPSA) is 101 Å². The molecule has 1 aliphatic rings. The molecule has 1 fully saturated rings. The lowest BCUT2D eigenvalue weighted by molar-refractivity contribution is -0.186. The van der Waals surface area contributed by atoms with Gasteiger partial charge in [-0.25, -0.2) is 0 Å². The molecule has 0 spiro atoms. The van der Waals surface area contributed by atoms with Crippen LogP contribution in [0.5, 0.6) is 0 Å². The van der Waals surface area contributed by atoms with E-state index < -0.39 is 28.7 Å². The average Bonchev–Trinajstić information content (AvgIpc) is 2.90. The highest BCUT2D eigenvalue weighted by molar-refractivity contribution is 5.88. The van der Waals surface area contributed by atoms with Gasteiger partial charge in [0.1, 0.15) is 0 Å². The molecule has 6 heteroatoms. The SMILES string of the molecule is CC(C)CCCCCCCC(CCCCCCCC(C)C)(C(=O)OCCC(C)C)C1(C(=O)O)CCC(C(=O)O)CC1. The highest BCUT2D eigenvalue weighted by atomic mass is 16.5. The lowest BCUT2D eigenvalue weighted by Gasteiger charge is -2.49. The van der Waals surface area contributed by atoms with Crippen LogP contribution in [0, 0.1) is 34.5 Å². The van der Waals surface area contributed by atoms with Gasteiger partial charge in [-0.3, -0.25) is 14.4 Å². The molecule has 0 aliphatic heterocycles. The molecule has 2 N–H and O–H groups in total. The van der Waals surface area contributed by atoms with Crippen LogP contribution in [0.2, 0.25) is 0 Å². The summed E-state index contributed by atoms with van der Waals surface area (Å²) in [6.45, 7) is 13.5. The number of aliphatic carboxylic acids is 2. The Hall–Kier alpha value is -1.59. The number of carboxylic acid groups (broad SMARTS) is 2. The standard InChI is InChI=1S/C35H64O6/c1-27(2)17-13-9-7-11-15-22-35(33(40)41-26-21-29(5)6,23-16-12-8-10-14-18-28(3)4)34(32(38)39)24-19-30(20-25-34)31(36)37/h27-30H,7-26H2,1-6H3,(H,36,37)(H,38,39). The maximum Gasteiger partial charge on any atom is 0.313 e.